The highest BCUT2D eigenvalue weighted by Gasteiger charge is 2.39. The molecule has 4 fully saturated rings. The smallest absolute Gasteiger partial charge is 0.341 e. The summed E-state index contributed by atoms with van der Waals surface area (Å²) in [5.41, 5.74) is 33.9. The molecule has 2 aromatic heterocycles. The highest BCUT2D eigenvalue weighted by atomic mass is 19.1. The van der Waals surface area contributed by atoms with Crippen LogP contribution in [-0.4, -0.2) is 117 Å². The van der Waals surface area contributed by atoms with E-state index in [4.69, 9.17) is 34.4 Å². The van der Waals surface area contributed by atoms with E-state index in [0.29, 0.717) is 44.3 Å². The molecule has 24 heteroatoms. The quantitative estimate of drug-likeness (QED) is 0.0347. The summed E-state index contributed by atoms with van der Waals surface area (Å²) in [5, 5.41) is 9.00. The molecule has 4 heterocycles. The van der Waals surface area contributed by atoms with E-state index in [1.165, 1.54) is 9.47 Å². The Hall–Kier alpha value is -7.27. The maximum Gasteiger partial charge on any atom is 0.341 e. The Morgan fingerprint density at radius 2 is 0.986 bits per heavy atom. The number of benzene rings is 2. The Bertz CT molecular complexity index is 3050. The van der Waals surface area contributed by atoms with Crippen LogP contribution in [-0.2, 0) is 0 Å². The van der Waals surface area contributed by atoms with Gasteiger partial charge in [-0.15, -0.1) is 0 Å². The Balaban J connectivity index is 0.814. The summed E-state index contributed by atoms with van der Waals surface area (Å²) in [6.45, 7) is 10.3. The number of aliphatic imine (C=N–C) groups is 4. The average Bonchev–Trinajstić information content (AvgIpc) is 4.24. The molecule has 72 heavy (non-hydrogen) atoms. The van der Waals surface area contributed by atoms with Gasteiger partial charge in [0.2, 0.25) is 17.3 Å². The zero-order valence-electron chi connectivity index (χ0n) is 41.1. The molecule has 2 saturated heterocycles. The molecule has 4 atom stereocenters. The van der Waals surface area contributed by atoms with Crippen LogP contribution in [0.2, 0.25) is 0 Å². The number of halogens is 4. The van der Waals surface area contributed by atoms with Gasteiger partial charge in [0.25, 0.3) is 0 Å². The van der Waals surface area contributed by atoms with Crippen LogP contribution in [0.3, 0.4) is 0 Å². The number of nitrogen functional groups attached to an aromatic ring is 2. The van der Waals surface area contributed by atoms with Gasteiger partial charge >= 0.3 is 5.97 Å². The number of nitrogens with two attached hydrogens (primary N) is 6. The molecule has 0 spiro atoms. The molecule has 2 aromatic carbocycles. The predicted octanol–water partition coefficient (Wildman–Crippen LogP) is 4.03. The van der Waals surface area contributed by atoms with Crippen LogP contribution >= 0.6 is 0 Å². The number of anilines is 4. The number of carbonyl (C=O) groups is 1. The number of aryl methyl sites for hydroxylation is 1. The molecule has 4 aromatic rings. The normalized spacial score (nSPS) is 21.7. The van der Waals surface area contributed by atoms with E-state index in [9.17, 15) is 19.5 Å². The zero-order valence-corrected chi connectivity index (χ0v) is 41.1. The molecule has 20 nitrogen and oxygen atoms in total. The number of piperazine rings is 2. The lowest BCUT2D eigenvalue weighted by Crippen LogP contribution is -2.61. The van der Waals surface area contributed by atoms with E-state index in [2.05, 4.69) is 20.0 Å². The van der Waals surface area contributed by atoms with E-state index in [-0.39, 0.29) is 102 Å². The molecular formula is C48H64F4N16O4. The van der Waals surface area contributed by atoms with Crippen molar-refractivity contribution in [2.24, 2.45) is 42.9 Å². The van der Waals surface area contributed by atoms with Gasteiger partial charge in [-0.3, -0.25) is 19.6 Å². The molecule has 388 valence electrons. The predicted molar refractivity (Wildman–Crippen MR) is 274 cm³/mol. The number of carboxylic acid groups (broad SMARTS) is 1. The Morgan fingerprint density at radius 3 is 1.36 bits per heavy atom. The number of pyridine rings is 2. The molecule has 4 aliphatic rings. The molecule has 0 amide bonds. The van der Waals surface area contributed by atoms with Crippen molar-refractivity contribution in [3.63, 3.8) is 0 Å². The lowest BCUT2D eigenvalue weighted by Gasteiger charge is -2.46. The number of unbranched alkanes of at least 4 members (excludes halogenated alkanes) is 3. The highest BCUT2D eigenvalue weighted by Crippen LogP contribution is 2.44. The van der Waals surface area contributed by atoms with Crippen LogP contribution in [0, 0.1) is 30.2 Å². The molecule has 2 aliphatic heterocycles. The maximum atomic E-state index is 16.5. The topological polar surface area (TPSA) is 300 Å². The van der Waals surface area contributed by atoms with E-state index in [0.717, 1.165) is 31.9 Å². The first-order valence-corrected chi connectivity index (χ1v) is 24.4. The van der Waals surface area contributed by atoms with Crippen LogP contribution in [0.15, 0.2) is 42.0 Å². The first kappa shape index (κ1) is 51.1. The highest BCUT2D eigenvalue weighted by molar-refractivity contribution is 6.00. The number of hydrogen-bond acceptors (Lipinski definition) is 9. The summed E-state index contributed by atoms with van der Waals surface area (Å²) in [5.74, 6) is -5.25. The number of nitrogens with zero attached hydrogens (tertiary/aromatic N) is 10. The Labute approximate surface area is 412 Å². The molecule has 2 aliphatic carbocycles. The second-order valence-electron chi connectivity index (χ2n) is 19.7. The Morgan fingerprint density at radius 1 is 0.611 bits per heavy atom. The maximum absolute atomic E-state index is 16.5. The third-order valence-corrected chi connectivity index (χ3v) is 14.1. The minimum absolute atomic E-state index is 0.00394. The molecule has 13 N–H and O–H groups in total. The van der Waals surface area contributed by atoms with Gasteiger partial charge < -0.3 is 68.2 Å². The largest absolute Gasteiger partial charge is 0.477 e. The van der Waals surface area contributed by atoms with Crippen molar-refractivity contribution in [3.05, 3.63) is 67.2 Å². The molecule has 4 unspecified atom stereocenters. The summed E-state index contributed by atoms with van der Waals surface area (Å²) in [4.78, 5) is 62.1. The second kappa shape index (κ2) is 20.1. The SMILES string of the molecule is Cc1cn(C2CC2)c2c(F)c(N3CC(C)N(/C(N)=N/C(N)=NCCCCCCN=C(N)/N=C(\N)N4C(C)CN(c5c(F)c(N)c6c(=O)c(C(=O)O)cn(C7CC7)c6c5F)CC4C)C(C)C3)c(F)c(N)c2c1=O. The van der Waals surface area contributed by atoms with Gasteiger partial charge in [0.15, 0.2) is 40.6 Å². The monoisotopic (exact) mass is 1000 g/mol. The van der Waals surface area contributed by atoms with Crippen LogP contribution in [0.4, 0.5) is 40.3 Å². The minimum atomic E-state index is -1.51. The van der Waals surface area contributed by atoms with Crippen molar-refractivity contribution in [3.8, 4) is 0 Å². The van der Waals surface area contributed by atoms with E-state index >= 15 is 17.6 Å². The van der Waals surface area contributed by atoms with E-state index < -0.39 is 74.5 Å². The van der Waals surface area contributed by atoms with Crippen molar-refractivity contribution < 1.29 is 27.5 Å². The third-order valence-electron chi connectivity index (χ3n) is 14.1. The number of guanidine groups is 4. The molecular weight excluding hydrogens is 941 g/mol. The third kappa shape index (κ3) is 9.61. The van der Waals surface area contributed by atoms with Crippen molar-refractivity contribution in [1.29, 1.82) is 0 Å². The fraction of sp³-hybridized carbons (Fsp3) is 0.521. The molecule has 0 bridgehead atoms. The number of rotatable bonds is 12. The number of aromatic carboxylic acids is 1. The van der Waals surface area contributed by atoms with Crippen molar-refractivity contribution >= 4 is 74.4 Å². The summed E-state index contributed by atoms with van der Waals surface area (Å²) in [6.07, 6.45) is 8.69. The van der Waals surface area contributed by atoms with Gasteiger partial charge in [-0.2, -0.15) is 9.98 Å². The van der Waals surface area contributed by atoms with Gasteiger partial charge in [-0.05, 0) is 73.1 Å². The minimum Gasteiger partial charge on any atom is -0.477 e. The van der Waals surface area contributed by atoms with Crippen molar-refractivity contribution in [1.82, 2.24) is 18.9 Å². The van der Waals surface area contributed by atoms with E-state index in [1.807, 2.05) is 32.6 Å². The van der Waals surface area contributed by atoms with Crippen molar-refractivity contribution in [2.45, 2.75) is 122 Å². The Kier molecular flexibility index (Phi) is 14.3. The summed E-state index contributed by atoms with van der Waals surface area (Å²) in [7, 11) is 0. The van der Waals surface area contributed by atoms with Crippen LogP contribution in [0.1, 0.15) is 107 Å². The van der Waals surface area contributed by atoms with Crippen LogP contribution in [0.25, 0.3) is 21.8 Å². The zero-order chi connectivity index (χ0) is 52.2. The first-order valence-electron chi connectivity index (χ1n) is 24.4. The van der Waals surface area contributed by atoms with Gasteiger partial charge in [-0.25, -0.2) is 22.4 Å². The lowest BCUT2D eigenvalue weighted by molar-refractivity contribution is 0.0694. The fourth-order valence-corrected chi connectivity index (χ4v) is 10.5. The number of hydrogen-bond donors (Lipinski definition) is 7. The van der Waals surface area contributed by atoms with Gasteiger partial charge in [0.05, 0.1) is 33.2 Å². The summed E-state index contributed by atoms with van der Waals surface area (Å²) >= 11 is 0. The number of aromatic nitrogens is 2. The van der Waals surface area contributed by atoms with E-state index in [1.54, 1.807) is 27.5 Å². The van der Waals surface area contributed by atoms with Crippen LogP contribution in [0.5, 0.6) is 0 Å². The van der Waals surface area contributed by atoms with Crippen molar-refractivity contribution in [2.75, 3.05) is 60.5 Å². The molecule has 8 rings (SSSR count). The number of fused-ring (bicyclic) bond motifs is 2. The lowest BCUT2D eigenvalue weighted by atomic mass is 10.0. The van der Waals surface area contributed by atoms with Gasteiger partial charge in [0, 0.05) is 93.5 Å². The second-order valence-corrected chi connectivity index (χ2v) is 19.7. The molecule has 2 saturated carbocycles. The summed E-state index contributed by atoms with van der Waals surface area (Å²) < 4.78 is 68.0. The standard InChI is InChI=1S/C48H64F4N16O4/c1-22-16-65(27-10-11-27)38-30(42(22)69)36(53)32(49)40(34(38)51)63-17-23(2)67(24(3)18-63)47(57)61-45(55)59-14-8-6-7-9-15-60-46(56)62-48(58)68-25(4)19-64(20-26(68)5)41-33(50)37(54)31-39(35(41)52)66(28-12-13-28)21-29(43(31)70)44(71)72/h16,21,23-28H,6-15,17-20,53-54H2,1-5H3,(H,71,72)(H4,55,57,59,61)(H4,56,58,60,62). The summed E-state index contributed by atoms with van der Waals surface area (Å²) in [6, 6.07) is -1.74. The van der Waals surface area contributed by atoms with Gasteiger partial charge in [0.1, 0.15) is 16.9 Å². The average molecular weight is 1010 g/mol. The fourth-order valence-electron chi connectivity index (χ4n) is 10.5. The van der Waals surface area contributed by atoms with Gasteiger partial charge in [-0.1, -0.05) is 12.8 Å². The molecule has 0 radical (unpaired) electrons. The number of carboxylic acids is 1. The van der Waals surface area contributed by atoms with Crippen LogP contribution < -0.4 is 55.1 Å². The first-order chi connectivity index (χ1) is 34.1.